The lowest BCUT2D eigenvalue weighted by molar-refractivity contribution is -0.112. The van der Waals surface area contributed by atoms with Crippen LogP contribution in [-0.4, -0.2) is 5.91 Å². The van der Waals surface area contributed by atoms with Crippen LogP contribution in [0.4, 0.5) is 11.4 Å². The molecule has 122 valence electrons. The Labute approximate surface area is 145 Å². The van der Waals surface area contributed by atoms with Crippen molar-refractivity contribution in [2.75, 3.05) is 11.1 Å². The summed E-state index contributed by atoms with van der Waals surface area (Å²) in [6.07, 6.45) is 1.39. The number of nitrogens with one attached hydrogen (secondary N) is 2. The molecule has 1 amide bonds. The molecule has 0 radical (unpaired) electrons. The Balaban J connectivity index is 2.01. The van der Waals surface area contributed by atoms with E-state index in [0.717, 1.165) is 11.1 Å². The number of nitrogens with two attached hydrogens (primary N) is 1. The van der Waals surface area contributed by atoms with Crippen LogP contribution in [0.2, 0.25) is 5.02 Å². The second-order valence-corrected chi connectivity index (χ2v) is 5.64. The molecule has 5 nitrogen and oxygen atoms in total. The Morgan fingerprint density at radius 1 is 1.33 bits per heavy atom. The summed E-state index contributed by atoms with van der Waals surface area (Å²) in [6, 6.07) is 14.6. The number of nitrogen functional groups attached to an aromatic ring is 1. The van der Waals surface area contributed by atoms with Gasteiger partial charge in [0, 0.05) is 18.4 Å². The highest BCUT2D eigenvalue weighted by Gasteiger charge is 2.11. The SMILES string of the molecule is Cc1cccc(CN/C=C(/C#N)C(=O)Nc2ccc(N)cc2Cl)c1. The molecule has 4 N–H and O–H groups in total. The lowest BCUT2D eigenvalue weighted by atomic mass is 10.1. The van der Waals surface area contributed by atoms with Crippen molar-refractivity contribution in [3.8, 4) is 6.07 Å². The maximum absolute atomic E-state index is 12.1. The summed E-state index contributed by atoms with van der Waals surface area (Å²) < 4.78 is 0. The van der Waals surface area contributed by atoms with Gasteiger partial charge in [0.15, 0.2) is 0 Å². The number of carbonyl (C=O) groups is 1. The van der Waals surface area contributed by atoms with Gasteiger partial charge in [-0.15, -0.1) is 0 Å². The molecule has 2 rings (SSSR count). The standard InChI is InChI=1S/C18H17ClN4O/c1-12-3-2-4-13(7-12)10-22-11-14(9-20)18(24)23-17-6-5-15(21)8-16(17)19/h2-8,11,22H,10,21H2,1H3,(H,23,24)/b14-11-. The van der Waals surface area contributed by atoms with E-state index < -0.39 is 5.91 Å². The molecule has 2 aromatic rings. The smallest absolute Gasteiger partial charge is 0.267 e. The van der Waals surface area contributed by atoms with E-state index in [9.17, 15) is 4.79 Å². The number of carbonyl (C=O) groups excluding carboxylic acids is 1. The molecular formula is C18H17ClN4O. The van der Waals surface area contributed by atoms with Gasteiger partial charge in [-0.3, -0.25) is 4.79 Å². The van der Waals surface area contributed by atoms with Crippen molar-refractivity contribution in [2.24, 2.45) is 0 Å². The van der Waals surface area contributed by atoms with Gasteiger partial charge in [-0.05, 0) is 30.7 Å². The van der Waals surface area contributed by atoms with E-state index in [1.807, 2.05) is 37.3 Å². The van der Waals surface area contributed by atoms with Gasteiger partial charge in [0.05, 0.1) is 10.7 Å². The predicted octanol–water partition coefficient (Wildman–Crippen LogP) is 3.37. The number of hydrogen-bond acceptors (Lipinski definition) is 4. The fraction of sp³-hybridized carbons (Fsp3) is 0.111. The summed E-state index contributed by atoms with van der Waals surface area (Å²) in [4.78, 5) is 12.1. The Hall–Kier alpha value is -2.97. The van der Waals surface area contributed by atoms with Crippen LogP contribution in [0, 0.1) is 18.3 Å². The van der Waals surface area contributed by atoms with E-state index in [-0.39, 0.29) is 5.57 Å². The lowest BCUT2D eigenvalue weighted by Gasteiger charge is -2.08. The number of nitrogens with zero attached hydrogens (tertiary/aromatic N) is 1. The summed E-state index contributed by atoms with van der Waals surface area (Å²) in [7, 11) is 0. The van der Waals surface area contributed by atoms with E-state index in [4.69, 9.17) is 22.6 Å². The average molecular weight is 341 g/mol. The van der Waals surface area contributed by atoms with Crippen LogP contribution < -0.4 is 16.4 Å². The molecule has 0 saturated carbocycles. The van der Waals surface area contributed by atoms with Crippen molar-refractivity contribution in [3.63, 3.8) is 0 Å². The number of amides is 1. The van der Waals surface area contributed by atoms with Crippen molar-refractivity contribution >= 4 is 28.9 Å². The van der Waals surface area contributed by atoms with Crippen molar-refractivity contribution < 1.29 is 4.79 Å². The highest BCUT2D eigenvalue weighted by Crippen LogP contribution is 2.24. The summed E-state index contributed by atoms with van der Waals surface area (Å²) in [5, 5.41) is 15.0. The zero-order chi connectivity index (χ0) is 17.5. The van der Waals surface area contributed by atoms with Crippen LogP contribution >= 0.6 is 11.6 Å². The second-order valence-electron chi connectivity index (χ2n) is 5.23. The maximum Gasteiger partial charge on any atom is 0.267 e. The predicted molar refractivity (Wildman–Crippen MR) is 96.2 cm³/mol. The summed E-state index contributed by atoms with van der Waals surface area (Å²) >= 11 is 6.01. The Morgan fingerprint density at radius 2 is 2.12 bits per heavy atom. The molecule has 24 heavy (non-hydrogen) atoms. The highest BCUT2D eigenvalue weighted by atomic mass is 35.5. The Bertz CT molecular complexity index is 824. The zero-order valence-corrected chi connectivity index (χ0v) is 13.9. The second kappa shape index (κ2) is 8.04. The topological polar surface area (TPSA) is 90.9 Å². The van der Waals surface area contributed by atoms with E-state index in [1.54, 1.807) is 12.1 Å². The van der Waals surface area contributed by atoms with Crippen molar-refractivity contribution in [1.82, 2.24) is 5.32 Å². The fourth-order valence-electron chi connectivity index (χ4n) is 2.06. The molecule has 0 saturated heterocycles. The zero-order valence-electron chi connectivity index (χ0n) is 13.1. The molecule has 0 unspecified atom stereocenters. The third-order valence-electron chi connectivity index (χ3n) is 3.24. The van der Waals surface area contributed by atoms with Gasteiger partial charge >= 0.3 is 0 Å². The molecule has 0 heterocycles. The Morgan fingerprint density at radius 3 is 2.79 bits per heavy atom. The number of aryl methyl sites for hydroxylation is 1. The number of hydrogen-bond donors (Lipinski definition) is 3. The van der Waals surface area contributed by atoms with Crippen molar-refractivity contribution in [3.05, 3.63) is 70.4 Å². The molecular weight excluding hydrogens is 324 g/mol. The molecule has 0 bridgehead atoms. The molecule has 0 aromatic heterocycles. The van der Waals surface area contributed by atoms with Gasteiger partial charge < -0.3 is 16.4 Å². The number of anilines is 2. The van der Waals surface area contributed by atoms with Crippen LogP contribution in [-0.2, 0) is 11.3 Å². The first-order chi connectivity index (χ1) is 11.5. The first kappa shape index (κ1) is 17.4. The molecule has 0 aliphatic heterocycles. The monoisotopic (exact) mass is 340 g/mol. The number of halogens is 1. The summed E-state index contributed by atoms with van der Waals surface area (Å²) in [5.74, 6) is -0.541. The van der Waals surface area contributed by atoms with E-state index in [2.05, 4.69) is 10.6 Å². The quantitative estimate of drug-likeness (QED) is 0.442. The number of nitriles is 1. The van der Waals surface area contributed by atoms with Gasteiger partial charge in [-0.1, -0.05) is 41.4 Å². The van der Waals surface area contributed by atoms with E-state index >= 15 is 0 Å². The van der Waals surface area contributed by atoms with Gasteiger partial charge in [-0.25, -0.2) is 0 Å². The largest absolute Gasteiger partial charge is 0.399 e. The summed E-state index contributed by atoms with van der Waals surface area (Å²) in [5.41, 5.74) is 8.66. The summed E-state index contributed by atoms with van der Waals surface area (Å²) in [6.45, 7) is 2.52. The number of rotatable bonds is 5. The van der Waals surface area contributed by atoms with Crippen molar-refractivity contribution in [2.45, 2.75) is 13.5 Å². The third kappa shape index (κ3) is 4.77. The van der Waals surface area contributed by atoms with Crippen molar-refractivity contribution in [1.29, 1.82) is 5.26 Å². The van der Waals surface area contributed by atoms with Gasteiger partial charge in [0.1, 0.15) is 11.6 Å². The lowest BCUT2D eigenvalue weighted by Crippen LogP contribution is -2.17. The van der Waals surface area contributed by atoms with E-state index in [1.165, 1.54) is 12.3 Å². The van der Waals surface area contributed by atoms with Gasteiger partial charge in [-0.2, -0.15) is 5.26 Å². The minimum atomic E-state index is -0.541. The number of benzene rings is 2. The molecule has 0 atom stereocenters. The first-order valence-electron chi connectivity index (χ1n) is 7.25. The van der Waals surface area contributed by atoms with Crippen LogP contribution in [0.5, 0.6) is 0 Å². The molecule has 0 fully saturated rings. The van der Waals surface area contributed by atoms with Crippen LogP contribution in [0.1, 0.15) is 11.1 Å². The van der Waals surface area contributed by atoms with Gasteiger partial charge in [0.25, 0.3) is 5.91 Å². The first-order valence-corrected chi connectivity index (χ1v) is 7.63. The normalized spacial score (nSPS) is 10.8. The fourth-order valence-corrected chi connectivity index (χ4v) is 2.30. The molecule has 2 aromatic carbocycles. The van der Waals surface area contributed by atoms with Crippen LogP contribution in [0.3, 0.4) is 0 Å². The third-order valence-corrected chi connectivity index (χ3v) is 3.55. The molecule has 6 heteroatoms. The minimum absolute atomic E-state index is 0.0458. The molecule has 0 spiro atoms. The van der Waals surface area contributed by atoms with E-state index in [0.29, 0.717) is 22.9 Å². The Kier molecular flexibility index (Phi) is 5.83. The maximum atomic E-state index is 12.1. The average Bonchev–Trinajstić information content (AvgIpc) is 2.54. The van der Waals surface area contributed by atoms with Crippen LogP contribution in [0.15, 0.2) is 54.2 Å². The van der Waals surface area contributed by atoms with Gasteiger partial charge in [0.2, 0.25) is 0 Å². The highest BCUT2D eigenvalue weighted by molar-refractivity contribution is 6.34. The molecule has 0 aliphatic rings. The van der Waals surface area contributed by atoms with Crippen LogP contribution in [0.25, 0.3) is 0 Å². The molecule has 0 aliphatic carbocycles. The minimum Gasteiger partial charge on any atom is -0.399 e.